The third-order valence-corrected chi connectivity index (χ3v) is 3.83. The van der Waals surface area contributed by atoms with Gasteiger partial charge in [0.15, 0.2) is 11.3 Å². The topological polar surface area (TPSA) is 77.8 Å². The highest BCUT2D eigenvalue weighted by molar-refractivity contribution is 7.80. The van der Waals surface area contributed by atoms with Crippen LogP contribution >= 0.6 is 12.6 Å². The Morgan fingerprint density at radius 1 is 1.30 bits per heavy atom. The van der Waals surface area contributed by atoms with Crippen LogP contribution in [0.5, 0.6) is 0 Å². The van der Waals surface area contributed by atoms with Crippen LogP contribution in [0.4, 0.5) is 19.0 Å². The minimum atomic E-state index is -4.66. The zero-order chi connectivity index (χ0) is 16.8. The lowest BCUT2D eigenvalue weighted by atomic mass is 10.1. The maximum Gasteiger partial charge on any atom is 0.434 e. The van der Waals surface area contributed by atoms with Crippen LogP contribution in [0.3, 0.4) is 0 Å². The third-order valence-electron chi connectivity index (χ3n) is 3.39. The smallest absolute Gasteiger partial charge is 0.434 e. The number of nitrogen functional groups attached to an aromatic ring is 1. The van der Waals surface area contributed by atoms with E-state index in [2.05, 4.69) is 27.6 Å². The maximum absolute atomic E-state index is 13.0. The summed E-state index contributed by atoms with van der Waals surface area (Å²) in [5, 5.41) is 0.789. The number of anilines is 1. The van der Waals surface area contributed by atoms with E-state index in [-0.39, 0.29) is 11.6 Å². The van der Waals surface area contributed by atoms with Crippen LogP contribution in [0.25, 0.3) is 11.0 Å². The van der Waals surface area contributed by atoms with Gasteiger partial charge in [-0.15, -0.1) is 12.6 Å². The predicted octanol–water partition coefficient (Wildman–Crippen LogP) is 3.66. The highest BCUT2D eigenvalue weighted by Crippen LogP contribution is 2.35. The van der Waals surface area contributed by atoms with Crippen molar-refractivity contribution in [2.24, 2.45) is 0 Å². The van der Waals surface area contributed by atoms with Crippen LogP contribution < -0.4 is 5.73 Å². The molecule has 3 heterocycles. The molecule has 9 heteroatoms. The molecule has 0 spiro atoms. The summed E-state index contributed by atoms with van der Waals surface area (Å²) in [5.74, 6) is -0.962. The summed E-state index contributed by atoms with van der Waals surface area (Å²) in [6.07, 6.45) is -1.65. The number of hydrogen-bond acceptors (Lipinski definition) is 6. The molecule has 0 aromatic carbocycles. The molecule has 5 nitrogen and oxygen atoms in total. The van der Waals surface area contributed by atoms with Crippen molar-refractivity contribution in [1.82, 2.24) is 15.0 Å². The number of alkyl halides is 3. The minimum Gasteiger partial charge on any atom is -0.463 e. The second-order valence-electron chi connectivity index (χ2n) is 4.95. The Balaban J connectivity index is 2.08. The van der Waals surface area contributed by atoms with Gasteiger partial charge in [0, 0.05) is 5.39 Å². The van der Waals surface area contributed by atoms with E-state index in [9.17, 15) is 13.2 Å². The highest BCUT2D eigenvalue weighted by Gasteiger charge is 2.37. The number of nitrogens with zero attached hydrogens (tertiary/aromatic N) is 3. The lowest BCUT2D eigenvalue weighted by Crippen LogP contribution is -2.16. The Hall–Kier alpha value is -2.29. The standard InChI is InChI=1S/C14H11F3N4OS/c1-6(8-4-7-2-3-22-9(7)5-19-8)13-20-11(14(15,16)17)10(23)12(18)21-13/h2-6,23H,1H3,(H2,18,20,21). The Morgan fingerprint density at radius 2 is 2.04 bits per heavy atom. The molecule has 0 aliphatic heterocycles. The molecule has 2 N–H and O–H groups in total. The molecule has 23 heavy (non-hydrogen) atoms. The summed E-state index contributed by atoms with van der Waals surface area (Å²) >= 11 is 3.75. The average molecular weight is 340 g/mol. The van der Waals surface area contributed by atoms with E-state index in [1.807, 2.05) is 0 Å². The fourth-order valence-electron chi connectivity index (χ4n) is 2.14. The molecule has 1 atom stereocenters. The first-order valence-electron chi connectivity index (χ1n) is 6.54. The van der Waals surface area contributed by atoms with Crippen LogP contribution in [-0.4, -0.2) is 15.0 Å². The van der Waals surface area contributed by atoms with Crippen molar-refractivity contribution >= 4 is 29.4 Å². The molecule has 3 aromatic rings. The van der Waals surface area contributed by atoms with Gasteiger partial charge >= 0.3 is 6.18 Å². The lowest BCUT2D eigenvalue weighted by Gasteiger charge is -2.15. The van der Waals surface area contributed by atoms with Gasteiger partial charge in [0.05, 0.1) is 29.0 Å². The van der Waals surface area contributed by atoms with Crippen molar-refractivity contribution in [3.8, 4) is 0 Å². The van der Waals surface area contributed by atoms with Crippen molar-refractivity contribution in [2.75, 3.05) is 5.73 Å². The van der Waals surface area contributed by atoms with E-state index in [1.54, 1.807) is 19.1 Å². The van der Waals surface area contributed by atoms with Gasteiger partial charge in [-0.1, -0.05) is 0 Å². The van der Waals surface area contributed by atoms with Gasteiger partial charge in [0.2, 0.25) is 0 Å². The molecular formula is C14H11F3N4OS. The van der Waals surface area contributed by atoms with Crippen molar-refractivity contribution in [1.29, 1.82) is 0 Å². The van der Waals surface area contributed by atoms with Crippen LogP contribution in [0.15, 0.2) is 33.9 Å². The Bertz CT molecular complexity index is 878. The molecule has 3 aromatic heterocycles. The van der Waals surface area contributed by atoms with E-state index in [1.165, 1.54) is 12.5 Å². The van der Waals surface area contributed by atoms with Gasteiger partial charge in [-0.05, 0) is 19.1 Å². The monoisotopic (exact) mass is 340 g/mol. The number of pyridine rings is 1. The first-order chi connectivity index (χ1) is 10.8. The van der Waals surface area contributed by atoms with Crippen molar-refractivity contribution < 1.29 is 17.6 Å². The van der Waals surface area contributed by atoms with Gasteiger partial charge in [0.1, 0.15) is 11.6 Å². The van der Waals surface area contributed by atoms with Crippen molar-refractivity contribution in [2.45, 2.75) is 23.9 Å². The summed E-state index contributed by atoms with van der Waals surface area (Å²) in [4.78, 5) is 11.2. The molecular weight excluding hydrogens is 329 g/mol. The molecule has 0 aliphatic rings. The van der Waals surface area contributed by atoms with E-state index in [0.29, 0.717) is 11.3 Å². The minimum absolute atomic E-state index is 0.0667. The van der Waals surface area contributed by atoms with Crippen molar-refractivity contribution in [3.05, 3.63) is 41.8 Å². The average Bonchev–Trinajstić information content (AvgIpc) is 2.95. The largest absolute Gasteiger partial charge is 0.463 e. The molecule has 0 amide bonds. The molecule has 0 fully saturated rings. The first-order valence-corrected chi connectivity index (χ1v) is 6.99. The molecule has 0 radical (unpaired) electrons. The molecule has 0 bridgehead atoms. The lowest BCUT2D eigenvalue weighted by molar-refractivity contribution is -0.143. The molecule has 0 aliphatic carbocycles. The molecule has 120 valence electrons. The molecule has 0 saturated carbocycles. The van der Waals surface area contributed by atoms with Crippen molar-refractivity contribution in [3.63, 3.8) is 0 Å². The summed E-state index contributed by atoms with van der Waals surface area (Å²) < 4.78 is 44.2. The summed E-state index contributed by atoms with van der Waals surface area (Å²) in [6.45, 7) is 1.65. The Labute approximate surface area is 134 Å². The number of fused-ring (bicyclic) bond motifs is 1. The SMILES string of the molecule is CC(c1cc2ccoc2cn1)c1nc(N)c(S)c(C(F)(F)F)n1. The van der Waals surface area contributed by atoms with E-state index < -0.39 is 22.7 Å². The number of furan rings is 1. The third kappa shape index (κ3) is 2.83. The number of halogens is 3. The van der Waals surface area contributed by atoms with E-state index >= 15 is 0 Å². The van der Waals surface area contributed by atoms with Gasteiger partial charge in [0.25, 0.3) is 0 Å². The van der Waals surface area contributed by atoms with Gasteiger partial charge in [-0.3, -0.25) is 4.98 Å². The van der Waals surface area contributed by atoms with E-state index in [0.717, 1.165) is 5.39 Å². The van der Waals surface area contributed by atoms with Crippen LogP contribution in [0, 0.1) is 0 Å². The molecule has 0 saturated heterocycles. The van der Waals surface area contributed by atoms with Gasteiger partial charge in [-0.2, -0.15) is 13.2 Å². The number of aromatic nitrogens is 3. The summed E-state index contributed by atoms with van der Waals surface area (Å²) in [7, 11) is 0. The second-order valence-corrected chi connectivity index (χ2v) is 5.40. The maximum atomic E-state index is 13.0. The van der Waals surface area contributed by atoms with Gasteiger partial charge in [-0.25, -0.2) is 9.97 Å². The van der Waals surface area contributed by atoms with Gasteiger partial charge < -0.3 is 10.2 Å². The summed E-state index contributed by atoms with van der Waals surface area (Å²) in [5.41, 5.74) is 5.49. The fraction of sp³-hybridized carbons (Fsp3) is 0.214. The normalized spacial score (nSPS) is 13.4. The molecule has 1 unspecified atom stereocenters. The number of rotatable bonds is 2. The quantitative estimate of drug-likeness (QED) is 0.696. The highest BCUT2D eigenvalue weighted by atomic mass is 32.1. The number of nitrogens with two attached hydrogens (primary N) is 1. The fourth-order valence-corrected chi connectivity index (χ4v) is 2.36. The summed E-state index contributed by atoms with van der Waals surface area (Å²) in [6, 6.07) is 3.45. The number of hydrogen-bond donors (Lipinski definition) is 2. The van der Waals surface area contributed by atoms with Crippen LogP contribution in [-0.2, 0) is 6.18 Å². The Morgan fingerprint density at radius 3 is 2.74 bits per heavy atom. The first kappa shape index (κ1) is 15.6. The molecule has 3 rings (SSSR count). The second kappa shape index (κ2) is 5.41. The Kier molecular flexibility index (Phi) is 3.67. The zero-order valence-electron chi connectivity index (χ0n) is 11.8. The van der Waals surface area contributed by atoms with E-state index in [4.69, 9.17) is 10.2 Å². The number of thiol groups is 1. The predicted molar refractivity (Wildman–Crippen MR) is 80.2 cm³/mol. The van der Waals surface area contributed by atoms with Crippen LogP contribution in [0.1, 0.15) is 30.1 Å². The zero-order valence-corrected chi connectivity index (χ0v) is 12.7. The van der Waals surface area contributed by atoms with Crippen LogP contribution in [0.2, 0.25) is 0 Å².